The highest BCUT2D eigenvalue weighted by Gasteiger charge is 2.25. The van der Waals surface area contributed by atoms with Gasteiger partial charge in [0.2, 0.25) is 0 Å². The fourth-order valence-corrected chi connectivity index (χ4v) is 4.37. The van der Waals surface area contributed by atoms with Crippen molar-refractivity contribution in [3.8, 4) is 0 Å². The van der Waals surface area contributed by atoms with E-state index in [0.717, 1.165) is 21.2 Å². The molecular formula is C22H24N4O4S. The van der Waals surface area contributed by atoms with E-state index >= 15 is 0 Å². The van der Waals surface area contributed by atoms with E-state index in [-0.39, 0.29) is 17.6 Å². The fourth-order valence-electron chi connectivity index (χ4n) is 3.17. The van der Waals surface area contributed by atoms with Crippen LogP contribution >= 0.6 is 11.8 Å². The van der Waals surface area contributed by atoms with Gasteiger partial charge in [-0.15, -0.1) is 0 Å². The molecule has 2 heterocycles. The van der Waals surface area contributed by atoms with Crippen LogP contribution in [0.25, 0.3) is 0 Å². The standard InChI is InChI=1S/C22H24N4O4S/c1-14(2)20-22(31-19-9-5-8-18(11-19)26(28)29)25(13-17-7-6-10-23-12-17)21(24-20)15(3)30-16(4)27/h5-12,14-15H,13H2,1-4H3. The molecule has 31 heavy (non-hydrogen) atoms. The van der Waals surface area contributed by atoms with Gasteiger partial charge in [0.25, 0.3) is 5.69 Å². The summed E-state index contributed by atoms with van der Waals surface area (Å²) < 4.78 is 7.43. The summed E-state index contributed by atoms with van der Waals surface area (Å²) in [5, 5.41) is 12.1. The second kappa shape index (κ2) is 9.74. The molecule has 3 rings (SSSR count). The summed E-state index contributed by atoms with van der Waals surface area (Å²) in [6, 6.07) is 10.3. The third kappa shape index (κ3) is 5.49. The Morgan fingerprint density at radius 1 is 1.26 bits per heavy atom. The molecule has 1 unspecified atom stereocenters. The molecule has 0 aliphatic heterocycles. The van der Waals surface area contributed by atoms with Gasteiger partial charge in [0.15, 0.2) is 11.9 Å². The molecule has 0 spiro atoms. The van der Waals surface area contributed by atoms with E-state index in [2.05, 4.69) is 4.98 Å². The molecule has 9 heteroatoms. The molecular weight excluding hydrogens is 416 g/mol. The number of benzene rings is 1. The fraction of sp³-hybridized carbons (Fsp3) is 0.318. The van der Waals surface area contributed by atoms with Crippen LogP contribution in [-0.2, 0) is 16.1 Å². The van der Waals surface area contributed by atoms with Crippen LogP contribution in [-0.4, -0.2) is 25.4 Å². The van der Waals surface area contributed by atoms with E-state index in [1.807, 2.05) is 36.6 Å². The van der Waals surface area contributed by atoms with E-state index < -0.39 is 11.0 Å². The third-order valence-electron chi connectivity index (χ3n) is 4.54. The first-order valence-corrected chi connectivity index (χ1v) is 10.7. The van der Waals surface area contributed by atoms with Gasteiger partial charge in [-0.1, -0.05) is 37.7 Å². The van der Waals surface area contributed by atoms with E-state index in [1.54, 1.807) is 31.5 Å². The Hall–Kier alpha value is -3.20. The van der Waals surface area contributed by atoms with E-state index in [1.165, 1.54) is 24.8 Å². The molecule has 0 fully saturated rings. The van der Waals surface area contributed by atoms with Gasteiger partial charge in [-0.05, 0) is 30.5 Å². The lowest BCUT2D eigenvalue weighted by Gasteiger charge is -2.16. The van der Waals surface area contributed by atoms with Crippen molar-refractivity contribution in [2.24, 2.45) is 0 Å². The number of non-ortho nitro benzene ring substituents is 1. The molecule has 0 bridgehead atoms. The molecule has 0 radical (unpaired) electrons. The summed E-state index contributed by atoms with van der Waals surface area (Å²) >= 11 is 1.41. The van der Waals surface area contributed by atoms with Crippen molar-refractivity contribution < 1.29 is 14.5 Å². The number of pyridine rings is 1. The number of hydrogen-bond donors (Lipinski definition) is 0. The molecule has 162 valence electrons. The van der Waals surface area contributed by atoms with Crippen molar-refractivity contribution in [1.82, 2.24) is 14.5 Å². The number of esters is 1. The lowest BCUT2D eigenvalue weighted by molar-refractivity contribution is -0.385. The first-order valence-electron chi connectivity index (χ1n) is 9.85. The number of carbonyl (C=O) groups is 1. The second-order valence-corrected chi connectivity index (χ2v) is 8.43. The maximum absolute atomic E-state index is 11.6. The number of nitro groups is 1. The third-order valence-corrected chi connectivity index (χ3v) is 5.65. The van der Waals surface area contributed by atoms with E-state index in [4.69, 9.17) is 9.72 Å². The van der Waals surface area contributed by atoms with Crippen molar-refractivity contribution in [2.75, 3.05) is 0 Å². The molecule has 0 N–H and O–H groups in total. The van der Waals surface area contributed by atoms with Gasteiger partial charge >= 0.3 is 5.97 Å². The smallest absolute Gasteiger partial charge is 0.303 e. The van der Waals surface area contributed by atoms with Crippen molar-refractivity contribution in [3.63, 3.8) is 0 Å². The Labute approximate surface area is 184 Å². The Bertz CT molecular complexity index is 1080. The normalized spacial score (nSPS) is 12.0. The van der Waals surface area contributed by atoms with Gasteiger partial charge in [-0.3, -0.25) is 19.9 Å². The average Bonchev–Trinajstić information content (AvgIpc) is 3.07. The maximum atomic E-state index is 11.6. The van der Waals surface area contributed by atoms with Gasteiger partial charge in [-0.25, -0.2) is 4.98 Å². The predicted molar refractivity (Wildman–Crippen MR) is 117 cm³/mol. The van der Waals surface area contributed by atoms with Crippen LogP contribution in [0.3, 0.4) is 0 Å². The molecule has 0 amide bonds. The SMILES string of the molecule is CC(=O)OC(C)c1nc(C(C)C)c(Sc2cccc([N+](=O)[O-])c2)n1Cc1cccnc1. The van der Waals surface area contributed by atoms with Crippen LogP contribution in [0.2, 0.25) is 0 Å². The van der Waals surface area contributed by atoms with E-state index in [9.17, 15) is 14.9 Å². The number of rotatable bonds is 8. The van der Waals surface area contributed by atoms with Crippen LogP contribution in [0.4, 0.5) is 5.69 Å². The zero-order valence-electron chi connectivity index (χ0n) is 17.8. The quantitative estimate of drug-likeness (QED) is 0.272. The molecule has 3 aromatic rings. The van der Waals surface area contributed by atoms with Crippen molar-refractivity contribution >= 4 is 23.4 Å². The molecule has 2 aromatic heterocycles. The number of carbonyl (C=O) groups excluding carboxylic acids is 1. The summed E-state index contributed by atoms with van der Waals surface area (Å²) in [4.78, 5) is 32.1. The monoisotopic (exact) mass is 440 g/mol. The number of ether oxygens (including phenoxy) is 1. The maximum Gasteiger partial charge on any atom is 0.303 e. The molecule has 8 nitrogen and oxygen atoms in total. The van der Waals surface area contributed by atoms with Crippen molar-refractivity contribution in [3.05, 3.63) is 76.0 Å². The number of nitro benzene ring substituents is 1. The van der Waals surface area contributed by atoms with E-state index in [0.29, 0.717) is 12.4 Å². The van der Waals surface area contributed by atoms with Crippen molar-refractivity contribution in [2.45, 2.75) is 56.2 Å². The molecule has 0 aliphatic carbocycles. The summed E-state index contributed by atoms with van der Waals surface area (Å²) in [7, 11) is 0. The van der Waals surface area contributed by atoms with Crippen LogP contribution in [0.15, 0.2) is 58.7 Å². The van der Waals surface area contributed by atoms with Gasteiger partial charge < -0.3 is 9.30 Å². The predicted octanol–water partition coefficient (Wildman–Crippen LogP) is 5.13. The lowest BCUT2D eigenvalue weighted by Crippen LogP contribution is -2.13. The van der Waals surface area contributed by atoms with Crippen LogP contribution < -0.4 is 0 Å². The number of nitrogens with zero attached hydrogens (tertiary/aromatic N) is 4. The van der Waals surface area contributed by atoms with Gasteiger partial charge in [0.1, 0.15) is 5.03 Å². The first kappa shape index (κ1) is 22.5. The Kier molecular flexibility index (Phi) is 7.06. The summed E-state index contributed by atoms with van der Waals surface area (Å²) in [6.45, 7) is 7.71. The highest BCUT2D eigenvalue weighted by molar-refractivity contribution is 7.99. The topological polar surface area (TPSA) is 100 Å². The van der Waals surface area contributed by atoms with Crippen LogP contribution in [0.5, 0.6) is 0 Å². The lowest BCUT2D eigenvalue weighted by atomic mass is 10.1. The zero-order valence-corrected chi connectivity index (χ0v) is 18.6. The highest BCUT2D eigenvalue weighted by Crippen LogP contribution is 2.38. The number of hydrogen-bond acceptors (Lipinski definition) is 7. The summed E-state index contributed by atoms with van der Waals surface area (Å²) in [6.07, 6.45) is 2.93. The van der Waals surface area contributed by atoms with Crippen molar-refractivity contribution in [1.29, 1.82) is 0 Å². The van der Waals surface area contributed by atoms with Gasteiger partial charge in [-0.2, -0.15) is 0 Å². The van der Waals surface area contributed by atoms with Gasteiger partial charge in [0.05, 0.1) is 17.2 Å². The minimum absolute atomic E-state index is 0.0305. The average molecular weight is 441 g/mol. The summed E-state index contributed by atoms with van der Waals surface area (Å²) in [5.41, 5.74) is 1.84. The molecule has 0 aliphatic rings. The molecule has 0 saturated heterocycles. The van der Waals surface area contributed by atoms with Crippen LogP contribution in [0, 0.1) is 10.1 Å². The molecule has 1 atom stereocenters. The zero-order chi connectivity index (χ0) is 22.5. The van der Waals surface area contributed by atoms with Gasteiger partial charge in [0, 0.05) is 36.3 Å². The highest BCUT2D eigenvalue weighted by atomic mass is 32.2. The summed E-state index contributed by atoms with van der Waals surface area (Å²) in [5.74, 6) is 0.331. The Morgan fingerprint density at radius 2 is 2.03 bits per heavy atom. The second-order valence-electron chi connectivity index (χ2n) is 7.37. The first-order chi connectivity index (χ1) is 14.8. The Balaban J connectivity index is 2.12. The molecule has 0 saturated carbocycles. The number of imidazole rings is 1. The largest absolute Gasteiger partial charge is 0.455 e. The Morgan fingerprint density at radius 3 is 2.65 bits per heavy atom. The number of aromatic nitrogens is 3. The van der Waals surface area contributed by atoms with Crippen LogP contribution in [0.1, 0.15) is 56.8 Å². The minimum atomic E-state index is -0.550. The molecule has 1 aromatic carbocycles. The minimum Gasteiger partial charge on any atom is -0.455 e.